The minimum absolute atomic E-state index is 0.00194. The quantitative estimate of drug-likeness (QED) is 0.631. The molecule has 0 bridgehead atoms. The van der Waals surface area contributed by atoms with Gasteiger partial charge in [0, 0.05) is 16.2 Å². The number of Topliss-reactive ketones (excluding diaryl/α,β-unsaturated/α-hetero) is 1. The number of thiophene rings is 1. The van der Waals surface area contributed by atoms with Crippen molar-refractivity contribution in [1.29, 1.82) is 0 Å². The highest BCUT2D eigenvalue weighted by molar-refractivity contribution is 7.20. The second-order valence-corrected chi connectivity index (χ2v) is 7.34. The molecule has 1 atom stereocenters. The highest BCUT2D eigenvalue weighted by Gasteiger charge is 2.23. The summed E-state index contributed by atoms with van der Waals surface area (Å²) < 4.78 is 30.5. The fourth-order valence-corrected chi connectivity index (χ4v) is 3.32. The Labute approximate surface area is 143 Å². The van der Waals surface area contributed by atoms with Gasteiger partial charge >= 0.3 is 0 Å². The van der Waals surface area contributed by atoms with Gasteiger partial charge in [0.25, 0.3) is 0 Å². The van der Waals surface area contributed by atoms with Crippen LogP contribution in [0.1, 0.15) is 36.9 Å². The summed E-state index contributed by atoms with van der Waals surface area (Å²) in [6.45, 7) is 5.36. The average Bonchev–Trinajstić information content (AvgIpc) is 2.89. The summed E-state index contributed by atoms with van der Waals surface area (Å²) in [4.78, 5) is 12.7. The molecule has 0 radical (unpaired) electrons. The number of aliphatic hydroxyl groups excluding tert-OH is 1. The number of hydrogen-bond donors (Lipinski definition) is 1. The van der Waals surface area contributed by atoms with Crippen LogP contribution in [-0.4, -0.2) is 37.0 Å². The summed E-state index contributed by atoms with van der Waals surface area (Å²) in [5, 5.41) is 10.1. The Morgan fingerprint density at radius 3 is 2.50 bits per heavy atom. The molecule has 24 heavy (non-hydrogen) atoms. The monoisotopic (exact) mass is 356 g/mol. The topological polar surface area (TPSA) is 65.0 Å². The molecule has 0 fully saturated rings. The molecule has 2 aromatic rings. The van der Waals surface area contributed by atoms with E-state index in [9.17, 15) is 14.3 Å². The van der Waals surface area contributed by atoms with E-state index < -0.39 is 17.7 Å². The molecule has 1 heterocycles. The van der Waals surface area contributed by atoms with Gasteiger partial charge in [0.1, 0.15) is 0 Å². The van der Waals surface area contributed by atoms with Crippen LogP contribution in [0.4, 0.5) is 4.39 Å². The summed E-state index contributed by atoms with van der Waals surface area (Å²) in [5.41, 5.74) is -0.563. The molecular weight excluding hydrogens is 335 g/mol. The molecule has 0 saturated carbocycles. The van der Waals surface area contributed by atoms with E-state index in [0.29, 0.717) is 9.58 Å². The van der Waals surface area contributed by atoms with Gasteiger partial charge < -0.3 is 19.3 Å². The third-order valence-corrected chi connectivity index (χ3v) is 4.35. The predicted octanol–water partition coefficient (Wildman–Crippen LogP) is 3.76. The zero-order valence-corrected chi connectivity index (χ0v) is 15.1. The SMILES string of the molecule is COc1cc2sc(C(=O)CC(O)OC(C)(C)C)cc2c(F)c1OC. The lowest BCUT2D eigenvalue weighted by Crippen LogP contribution is -2.28. The van der Waals surface area contributed by atoms with E-state index in [1.54, 1.807) is 26.8 Å². The zero-order valence-electron chi connectivity index (χ0n) is 14.3. The van der Waals surface area contributed by atoms with E-state index in [1.165, 1.54) is 20.3 Å². The molecule has 5 nitrogen and oxygen atoms in total. The van der Waals surface area contributed by atoms with E-state index >= 15 is 0 Å². The van der Waals surface area contributed by atoms with Crippen molar-refractivity contribution in [3.63, 3.8) is 0 Å². The van der Waals surface area contributed by atoms with Crippen molar-refractivity contribution in [1.82, 2.24) is 0 Å². The van der Waals surface area contributed by atoms with Crippen molar-refractivity contribution in [3.05, 3.63) is 22.8 Å². The molecule has 1 N–H and O–H groups in total. The fraction of sp³-hybridized carbons (Fsp3) is 0.471. The van der Waals surface area contributed by atoms with Gasteiger partial charge in [-0.3, -0.25) is 4.79 Å². The number of carbonyl (C=O) groups excluding carboxylic acids is 1. The predicted molar refractivity (Wildman–Crippen MR) is 90.7 cm³/mol. The van der Waals surface area contributed by atoms with Gasteiger partial charge in [-0.2, -0.15) is 0 Å². The van der Waals surface area contributed by atoms with Crippen molar-refractivity contribution >= 4 is 27.2 Å². The molecule has 0 saturated heterocycles. The summed E-state index contributed by atoms with van der Waals surface area (Å²) in [7, 11) is 2.77. The first-order valence-electron chi connectivity index (χ1n) is 7.39. The lowest BCUT2D eigenvalue weighted by Gasteiger charge is -2.23. The van der Waals surface area contributed by atoms with Gasteiger partial charge in [-0.1, -0.05) is 0 Å². The molecule has 0 aliphatic rings. The summed E-state index contributed by atoms with van der Waals surface area (Å²) in [5.74, 6) is -0.628. The van der Waals surface area contributed by atoms with Crippen LogP contribution < -0.4 is 9.47 Å². The second-order valence-electron chi connectivity index (χ2n) is 6.26. The van der Waals surface area contributed by atoms with Crippen molar-refractivity contribution in [2.45, 2.75) is 39.1 Å². The highest BCUT2D eigenvalue weighted by Crippen LogP contribution is 2.40. The first-order valence-corrected chi connectivity index (χ1v) is 8.21. The molecule has 1 aromatic carbocycles. The number of carbonyl (C=O) groups is 1. The Bertz CT molecular complexity index is 747. The summed E-state index contributed by atoms with van der Waals surface area (Å²) in [6.07, 6.45) is -1.41. The van der Waals surface area contributed by atoms with E-state index in [0.717, 1.165) is 11.3 Å². The number of halogens is 1. The maximum absolute atomic E-state index is 14.5. The third kappa shape index (κ3) is 4.03. The van der Waals surface area contributed by atoms with Crippen LogP contribution in [0.15, 0.2) is 12.1 Å². The van der Waals surface area contributed by atoms with Crippen LogP contribution in [-0.2, 0) is 4.74 Å². The van der Waals surface area contributed by atoms with Crippen LogP contribution in [0.25, 0.3) is 10.1 Å². The molecule has 0 spiro atoms. The number of benzene rings is 1. The van der Waals surface area contributed by atoms with Crippen LogP contribution in [0.2, 0.25) is 0 Å². The minimum atomic E-state index is -1.21. The van der Waals surface area contributed by atoms with Crippen molar-refractivity contribution in [2.75, 3.05) is 14.2 Å². The van der Waals surface area contributed by atoms with Gasteiger partial charge in [0.15, 0.2) is 29.4 Å². The van der Waals surface area contributed by atoms with Crippen LogP contribution in [0.3, 0.4) is 0 Å². The smallest absolute Gasteiger partial charge is 0.197 e. The van der Waals surface area contributed by atoms with Crippen LogP contribution in [0.5, 0.6) is 11.5 Å². The number of ether oxygens (including phenoxy) is 3. The third-order valence-electron chi connectivity index (χ3n) is 3.23. The average molecular weight is 356 g/mol. The molecule has 2 rings (SSSR count). The van der Waals surface area contributed by atoms with E-state index in [1.807, 2.05) is 0 Å². The summed E-state index contributed by atoms with van der Waals surface area (Å²) in [6, 6.07) is 3.09. The Morgan fingerprint density at radius 1 is 1.29 bits per heavy atom. The lowest BCUT2D eigenvalue weighted by molar-refractivity contribution is -0.162. The van der Waals surface area contributed by atoms with Crippen LogP contribution in [0, 0.1) is 5.82 Å². The number of rotatable bonds is 6. The molecule has 7 heteroatoms. The van der Waals surface area contributed by atoms with Gasteiger partial charge in [-0.05, 0) is 26.8 Å². The number of aliphatic hydroxyl groups is 1. The number of ketones is 1. The minimum Gasteiger partial charge on any atom is -0.493 e. The summed E-state index contributed by atoms with van der Waals surface area (Å²) >= 11 is 1.14. The Balaban J connectivity index is 2.30. The standard InChI is InChI=1S/C17H21FO5S/c1-17(2,3)23-14(20)7-10(19)13-6-9-12(24-13)8-11(21-4)16(22-5)15(9)18/h6,8,14,20H,7H2,1-5H3. The Kier molecular flexibility index (Phi) is 5.47. The van der Waals surface area contributed by atoms with Crippen molar-refractivity contribution < 1.29 is 28.5 Å². The lowest BCUT2D eigenvalue weighted by atomic mass is 10.1. The molecule has 132 valence electrons. The Morgan fingerprint density at radius 2 is 1.96 bits per heavy atom. The van der Waals surface area contributed by atoms with Crippen LogP contribution >= 0.6 is 11.3 Å². The molecule has 1 unspecified atom stereocenters. The first-order chi connectivity index (χ1) is 11.2. The number of methoxy groups -OCH3 is 2. The largest absolute Gasteiger partial charge is 0.493 e. The van der Waals surface area contributed by atoms with E-state index in [2.05, 4.69) is 0 Å². The van der Waals surface area contributed by atoms with E-state index in [4.69, 9.17) is 14.2 Å². The second kappa shape index (κ2) is 7.04. The van der Waals surface area contributed by atoms with Gasteiger partial charge in [0.05, 0.1) is 31.1 Å². The van der Waals surface area contributed by atoms with Gasteiger partial charge in [-0.15, -0.1) is 11.3 Å². The van der Waals surface area contributed by atoms with Crippen molar-refractivity contribution in [2.24, 2.45) is 0 Å². The maximum atomic E-state index is 14.5. The number of fused-ring (bicyclic) bond motifs is 1. The van der Waals surface area contributed by atoms with E-state index in [-0.39, 0.29) is 29.1 Å². The molecule has 0 amide bonds. The van der Waals surface area contributed by atoms with Crippen molar-refractivity contribution in [3.8, 4) is 11.5 Å². The zero-order chi connectivity index (χ0) is 18.1. The molecular formula is C17H21FO5S. The molecule has 0 aliphatic carbocycles. The maximum Gasteiger partial charge on any atom is 0.197 e. The first kappa shape index (κ1) is 18.6. The van der Waals surface area contributed by atoms with Gasteiger partial charge in [-0.25, -0.2) is 4.39 Å². The normalized spacial score (nSPS) is 13.1. The molecule has 0 aliphatic heterocycles. The van der Waals surface area contributed by atoms with Gasteiger partial charge in [0.2, 0.25) is 0 Å². The number of hydrogen-bond acceptors (Lipinski definition) is 6. The molecule has 1 aromatic heterocycles. The highest BCUT2D eigenvalue weighted by atomic mass is 32.1. The Hall–Kier alpha value is -1.70. The fourth-order valence-electron chi connectivity index (χ4n) is 2.29.